The molecular weight excluding hydrogens is 248 g/mol. The van der Waals surface area contributed by atoms with Gasteiger partial charge in [0.25, 0.3) is 6.43 Å². The highest BCUT2D eigenvalue weighted by atomic mass is 32.1. The van der Waals surface area contributed by atoms with E-state index in [2.05, 4.69) is 10.2 Å². The fourth-order valence-electron chi connectivity index (χ4n) is 1.80. The van der Waals surface area contributed by atoms with Crippen LogP contribution >= 0.6 is 11.3 Å². The molecule has 0 spiro atoms. The second-order valence-electron chi connectivity index (χ2n) is 4.09. The summed E-state index contributed by atoms with van der Waals surface area (Å²) in [7, 11) is 1.83. The van der Waals surface area contributed by atoms with E-state index in [-0.39, 0.29) is 11.1 Å². The summed E-state index contributed by atoms with van der Waals surface area (Å²) in [5, 5.41) is 7.52. The van der Waals surface area contributed by atoms with Gasteiger partial charge in [0.05, 0.1) is 6.10 Å². The van der Waals surface area contributed by atoms with Gasteiger partial charge in [0, 0.05) is 20.2 Å². The Morgan fingerprint density at radius 3 is 2.88 bits per heavy atom. The maximum absolute atomic E-state index is 12.4. The summed E-state index contributed by atoms with van der Waals surface area (Å²) in [6, 6.07) is 0. The summed E-state index contributed by atoms with van der Waals surface area (Å²) in [6.45, 7) is 1.47. The van der Waals surface area contributed by atoms with Crippen LogP contribution in [0.3, 0.4) is 0 Å². The average Bonchev–Trinajstić information content (AvgIpc) is 2.79. The molecule has 1 unspecified atom stereocenters. The number of anilines is 1. The first-order chi connectivity index (χ1) is 8.16. The van der Waals surface area contributed by atoms with Gasteiger partial charge in [-0.25, -0.2) is 8.78 Å². The normalized spacial score (nSPS) is 20.8. The molecule has 0 N–H and O–H groups in total. The number of ether oxygens (including phenoxy) is 1. The Labute approximate surface area is 103 Å². The molecule has 1 aliphatic rings. The Morgan fingerprint density at radius 1 is 1.47 bits per heavy atom. The molecule has 7 heteroatoms. The van der Waals surface area contributed by atoms with E-state index < -0.39 is 6.43 Å². The molecule has 1 fully saturated rings. The average molecular weight is 263 g/mol. The highest BCUT2D eigenvalue weighted by molar-refractivity contribution is 7.15. The van der Waals surface area contributed by atoms with Crippen LogP contribution in [0, 0.1) is 0 Å². The number of hydrogen-bond acceptors (Lipinski definition) is 5. The maximum atomic E-state index is 12.4. The molecule has 1 atom stereocenters. The molecule has 1 aliphatic heterocycles. The van der Waals surface area contributed by atoms with Crippen LogP contribution in [0.2, 0.25) is 0 Å². The van der Waals surface area contributed by atoms with Crippen LogP contribution in [-0.2, 0) is 4.74 Å². The second kappa shape index (κ2) is 5.68. The van der Waals surface area contributed by atoms with Crippen LogP contribution in [0.4, 0.5) is 13.9 Å². The molecular formula is C10H15F2N3OS. The van der Waals surface area contributed by atoms with Gasteiger partial charge in [-0.15, -0.1) is 10.2 Å². The molecule has 2 heterocycles. The number of alkyl halides is 2. The molecule has 1 aromatic heterocycles. The second-order valence-corrected chi connectivity index (χ2v) is 5.08. The van der Waals surface area contributed by atoms with Crippen molar-refractivity contribution in [3.05, 3.63) is 5.01 Å². The lowest BCUT2D eigenvalue weighted by Gasteiger charge is -2.26. The lowest BCUT2D eigenvalue weighted by atomic mass is 10.1. The van der Waals surface area contributed by atoms with Crippen molar-refractivity contribution in [2.45, 2.75) is 31.8 Å². The first kappa shape index (κ1) is 12.6. The fourth-order valence-corrected chi connectivity index (χ4v) is 2.47. The standard InChI is InChI=1S/C10H15F2N3OS/c1-15(6-7-4-2-3-5-16-7)10-14-13-9(17-10)8(11)12/h7-8H,2-6H2,1H3. The van der Waals surface area contributed by atoms with E-state index in [9.17, 15) is 8.78 Å². The topological polar surface area (TPSA) is 38.2 Å². The van der Waals surface area contributed by atoms with Crippen molar-refractivity contribution >= 4 is 16.5 Å². The Morgan fingerprint density at radius 2 is 2.29 bits per heavy atom. The summed E-state index contributed by atoms with van der Waals surface area (Å²) in [6.07, 6.45) is 0.921. The Kier molecular flexibility index (Phi) is 4.22. The van der Waals surface area contributed by atoms with Crippen molar-refractivity contribution in [3.8, 4) is 0 Å². The third-order valence-corrected chi connectivity index (χ3v) is 3.74. The molecule has 0 radical (unpaired) electrons. The van der Waals surface area contributed by atoms with Crippen molar-refractivity contribution in [2.24, 2.45) is 0 Å². The first-order valence-corrected chi connectivity index (χ1v) is 6.42. The lowest BCUT2D eigenvalue weighted by molar-refractivity contribution is 0.0216. The van der Waals surface area contributed by atoms with Crippen molar-refractivity contribution in [3.63, 3.8) is 0 Å². The molecule has 0 bridgehead atoms. The van der Waals surface area contributed by atoms with Gasteiger partial charge in [-0.05, 0) is 19.3 Å². The number of likely N-dealkylation sites (N-methyl/N-ethyl adjacent to an activating group) is 1. The minimum Gasteiger partial charge on any atom is -0.376 e. The molecule has 0 aromatic carbocycles. The minimum absolute atomic E-state index is 0.174. The lowest BCUT2D eigenvalue weighted by Crippen LogP contribution is -2.33. The highest BCUT2D eigenvalue weighted by Crippen LogP contribution is 2.27. The predicted molar refractivity (Wildman–Crippen MR) is 61.7 cm³/mol. The number of rotatable bonds is 4. The van der Waals surface area contributed by atoms with Gasteiger partial charge < -0.3 is 9.64 Å². The van der Waals surface area contributed by atoms with E-state index in [4.69, 9.17) is 4.74 Å². The number of halogens is 2. The third-order valence-electron chi connectivity index (χ3n) is 2.69. The van der Waals surface area contributed by atoms with Crippen LogP contribution in [0.5, 0.6) is 0 Å². The smallest absolute Gasteiger partial charge is 0.291 e. The van der Waals surface area contributed by atoms with E-state index in [0.29, 0.717) is 11.7 Å². The summed E-state index contributed by atoms with van der Waals surface area (Å²) >= 11 is 0.936. The minimum atomic E-state index is -2.54. The van der Waals surface area contributed by atoms with Gasteiger partial charge in [0.2, 0.25) is 5.13 Å². The molecule has 1 saturated heterocycles. The van der Waals surface area contributed by atoms with E-state index in [1.807, 2.05) is 11.9 Å². The van der Waals surface area contributed by atoms with E-state index in [1.165, 1.54) is 0 Å². The van der Waals surface area contributed by atoms with E-state index >= 15 is 0 Å². The van der Waals surface area contributed by atoms with Crippen molar-refractivity contribution in [1.29, 1.82) is 0 Å². The Hall–Kier alpha value is -0.820. The van der Waals surface area contributed by atoms with Crippen molar-refractivity contribution in [2.75, 3.05) is 25.1 Å². The number of nitrogens with zero attached hydrogens (tertiary/aromatic N) is 3. The molecule has 0 aliphatic carbocycles. The summed E-state index contributed by atoms with van der Waals surface area (Å²) in [5.41, 5.74) is 0. The van der Waals surface area contributed by atoms with Gasteiger partial charge in [-0.2, -0.15) is 0 Å². The zero-order chi connectivity index (χ0) is 12.3. The Bertz CT molecular complexity index is 355. The molecule has 0 amide bonds. The predicted octanol–water partition coefficient (Wildman–Crippen LogP) is 2.48. The van der Waals surface area contributed by atoms with Crippen LogP contribution in [0.25, 0.3) is 0 Å². The zero-order valence-electron chi connectivity index (χ0n) is 9.60. The van der Waals surface area contributed by atoms with Crippen LogP contribution < -0.4 is 4.90 Å². The van der Waals surface area contributed by atoms with Crippen molar-refractivity contribution in [1.82, 2.24) is 10.2 Å². The van der Waals surface area contributed by atoms with Gasteiger partial charge in [-0.3, -0.25) is 0 Å². The van der Waals surface area contributed by atoms with Gasteiger partial charge in [-0.1, -0.05) is 11.3 Å². The first-order valence-electron chi connectivity index (χ1n) is 5.61. The van der Waals surface area contributed by atoms with Crippen LogP contribution in [-0.4, -0.2) is 36.5 Å². The Balaban J connectivity index is 1.91. The summed E-state index contributed by atoms with van der Waals surface area (Å²) < 4.78 is 30.3. The summed E-state index contributed by atoms with van der Waals surface area (Å²) in [4.78, 5) is 1.83. The highest BCUT2D eigenvalue weighted by Gasteiger charge is 2.20. The fraction of sp³-hybridized carbons (Fsp3) is 0.800. The van der Waals surface area contributed by atoms with Gasteiger partial charge in [0.1, 0.15) is 0 Å². The van der Waals surface area contributed by atoms with Gasteiger partial charge in [0.15, 0.2) is 5.01 Å². The third kappa shape index (κ3) is 3.32. The molecule has 4 nitrogen and oxygen atoms in total. The monoisotopic (exact) mass is 263 g/mol. The van der Waals surface area contributed by atoms with Crippen LogP contribution in [0.15, 0.2) is 0 Å². The SMILES string of the molecule is CN(CC1CCCCO1)c1nnc(C(F)F)s1. The maximum Gasteiger partial charge on any atom is 0.291 e. The van der Waals surface area contributed by atoms with E-state index in [0.717, 1.165) is 37.2 Å². The quantitative estimate of drug-likeness (QED) is 0.836. The molecule has 1 aromatic rings. The largest absolute Gasteiger partial charge is 0.376 e. The summed E-state index contributed by atoms with van der Waals surface area (Å²) in [5.74, 6) is 0. The molecule has 96 valence electrons. The van der Waals surface area contributed by atoms with Gasteiger partial charge >= 0.3 is 0 Å². The molecule has 17 heavy (non-hydrogen) atoms. The number of hydrogen-bond donors (Lipinski definition) is 0. The van der Waals surface area contributed by atoms with Crippen LogP contribution in [0.1, 0.15) is 30.7 Å². The van der Waals surface area contributed by atoms with Crippen molar-refractivity contribution < 1.29 is 13.5 Å². The molecule has 0 saturated carbocycles. The number of aromatic nitrogens is 2. The zero-order valence-corrected chi connectivity index (χ0v) is 10.4. The molecule has 2 rings (SSSR count). The van der Waals surface area contributed by atoms with E-state index in [1.54, 1.807) is 0 Å².